The second-order valence-electron chi connectivity index (χ2n) is 2.14. The van der Waals surface area contributed by atoms with E-state index in [1.807, 2.05) is 6.07 Å². The Bertz CT molecular complexity index is 348. The van der Waals surface area contributed by atoms with Gasteiger partial charge >= 0.3 is 5.97 Å². The van der Waals surface area contributed by atoms with Gasteiger partial charge in [0.2, 0.25) is 0 Å². The van der Waals surface area contributed by atoms with Crippen LogP contribution in [0.25, 0.3) is 0 Å². The molecule has 3 nitrogen and oxygen atoms in total. The number of methoxy groups -OCH3 is 1. The fourth-order valence-corrected chi connectivity index (χ4v) is 1.51. The zero-order chi connectivity index (χ0) is 9.14. The molecular weight excluding hydrogens is 174 g/mol. The molecule has 0 N–H and O–H groups in total. The molecule has 1 radical (unpaired) electrons. The first-order chi connectivity index (χ1) is 5.70. The maximum Gasteiger partial charge on any atom is 0.339 e. The molecule has 0 atom stereocenters. The van der Waals surface area contributed by atoms with Crippen LogP contribution in [0.1, 0.15) is 20.8 Å². The molecule has 0 fully saturated rings. The van der Waals surface area contributed by atoms with Gasteiger partial charge in [0.25, 0.3) is 0 Å². The predicted molar refractivity (Wildman–Crippen MR) is 43.9 cm³/mol. The molecule has 12 heavy (non-hydrogen) atoms. The van der Waals surface area contributed by atoms with Gasteiger partial charge in [0, 0.05) is 0 Å². The first-order valence-electron chi connectivity index (χ1n) is 3.20. The Hall–Kier alpha value is -1.34. The largest absolute Gasteiger partial charge is 0.465 e. The van der Waals surface area contributed by atoms with Crippen LogP contribution in [0, 0.1) is 23.6 Å². The van der Waals surface area contributed by atoms with Gasteiger partial charge in [-0.05, 0) is 12.5 Å². The van der Waals surface area contributed by atoms with Gasteiger partial charge in [-0.15, -0.1) is 11.3 Å². The van der Waals surface area contributed by atoms with Gasteiger partial charge in [0.05, 0.1) is 18.1 Å². The summed E-state index contributed by atoms with van der Waals surface area (Å²) in [5.41, 5.74) is 1.01. The summed E-state index contributed by atoms with van der Waals surface area (Å²) in [6.07, 6.45) is 0. The number of hydrogen-bond donors (Lipinski definition) is 0. The van der Waals surface area contributed by atoms with Crippen molar-refractivity contribution in [1.29, 1.82) is 5.26 Å². The second kappa shape index (κ2) is 3.37. The van der Waals surface area contributed by atoms with Crippen molar-refractivity contribution in [2.24, 2.45) is 0 Å². The SMILES string of the molecule is COC(=O)c1[c]sc(C#N)c1C. The van der Waals surface area contributed by atoms with Crippen LogP contribution in [-0.4, -0.2) is 13.1 Å². The van der Waals surface area contributed by atoms with Crippen molar-refractivity contribution in [1.82, 2.24) is 0 Å². The number of hydrogen-bond acceptors (Lipinski definition) is 4. The smallest absolute Gasteiger partial charge is 0.339 e. The maximum absolute atomic E-state index is 11.0. The monoisotopic (exact) mass is 180 g/mol. The lowest BCUT2D eigenvalue weighted by Crippen LogP contribution is -2.01. The van der Waals surface area contributed by atoms with Crippen molar-refractivity contribution in [3.63, 3.8) is 0 Å². The highest BCUT2D eigenvalue weighted by atomic mass is 32.1. The maximum atomic E-state index is 11.0. The molecule has 0 aliphatic rings. The van der Waals surface area contributed by atoms with E-state index < -0.39 is 5.97 Å². The van der Waals surface area contributed by atoms with E-state index in [0.29, 0.717) is 16.0 Å². The summed E-state index contributed by atoms with van der Waals surface area (Å²) in [7, 11) is 1.30. The lowest BCUT2D eigenvalue weighted by molar-refractivity contribution is 0.0600. The van der Waals surface area contributed by atoms with Gasteiger partial charge in [-0.25, -0.2) is 4.79 Å². The molecule has 0 amide bonds. The molecule has 0 spiro atoms. The molecule has 0 unspecified atom stereocenters. The van der Waals surface area contributed by atoms with Crippen molar-refractivity contribution in [3.05, 3.63) is 21.4 Å². The van der Waals surface area contributed by atoms with Crippen molar-refractivity contribution >= 4 is 17.3 Å². The molecule has 0 aliphatic heterocycles. The third-order valence-electron chi connectivity index (χ3n) is 1.46. The number of nitrogens with zero attached hydrogens (tertiary/aromatic N) is 1. The highest BCUT2D eigenvalue weighted by Crippen LogP contribution is 2.20. The first-order valence-corrected chi connectivity index (χ1v) is 4.01. The first kappa shape index (κ1) is 8.75. The number of thiophene rings is 1. The summed E-state index contributed by atoms with van der Waals surface area (Å²) in [4.78, 5) is 11.5. The van der Waals surface area contributed by atoms with E-state index in [1.165, 1.54) is 7.11 Å². The minimum Gasteiger partial charge on any atom is -0.465 e. The number of carbonyl (C=O) groups is 1. The number of carbonyl (C=O) groups excluding carboxylic acids is 1. The predicted octanol–water partition coefficient (Wildman–Crippen LogP) is 1.51. The molecule has 1 heterocycles. The van der Waals surface area contributed by atoms with Crippen LogP contribution in [0.5, 0.6) is 0 Å². The summed E-state index contributed by atoms with van der Waals surface area (Å²) in [5, 5.41) is 11.3. The van der Waals surface area contributed by atoms with Gasteiger partial charge in [-0.3, -0.25) is 0 Å². The third-order valence-corrected chi connectivity index (χ3v) is 2.37. The number of ether oxygens (including phenoxy) is 1. The van der Waals surface area contributed by atoms with Crippen molar-refractivity contribution < 1.29 is 9.53 Å². The Morgan fingerprint density at radius 1 is 1.75 bits per heavy atom. The molecule has 0 saturated heterocycles. The zero-order valence-electron chi connectivity index (χ0n) is 6.67. The molecule has 4 heteroatoms. The standard InChI is InChI=1S/C8H6NO2S/c1-5-6(8(10)11-2)4-12-7(5)3-9/h1-2H3. The van der Waals surface area contributed by atoms with Crippen LogP contribution in [0.3, 0.4) is 0 Å². The Kier molecular flexibility index (Phi) is 2.46. The van der Waals surface area contributed by atoms with E-state index in [-0.39, 0.29) is 0 Å². The average molecular weight is 180 g/mol. The van der Waals surface area contributed by atoms with Crippen LogP contribution >= 0.6 is 11.3 Å². The van der Waals surface area contributed by atoms with Gasteiger partial charge in [0.15, 0.2) is 0 Å². The molecule has 0 saturated carbocycles. The fourth-order valence-electron chi connectivity index (χ4n) is 0.772. The van der Waals surface area contributed by atoms with E-state index >= 15 is 0 Å². The Labute approximate surface area is 74.2 Å². The highest BCUT2D eigenvalue weighted by Gasteiger charge is 2.14. The Morgan fingerprint density at radius 2 is 2.42 bits per heavy atom. The summed E-state index contributed by atoms with van der Waals surface area (Å²) in [6.45, 7) is 1.71. The van der Waals surface area contributed by atoms with Crippen LogP contribution in [0.15, 0.2) is 0 Å². The van der Waals surface area contributed by atoms with Gasteiger partial charge in [-0.2, -0.15) is 5.26 Å². The van der Waals surface area contributed by atoms with Crippen molar-refractivity contribution in [2.75, 3.05) is 7.11 Å². The molecule has 1 aromatic heterocycles. The van der Waals surface area contributed by atoms with E-state index in [1.54, 1.807) is 6.92 Å². The van der Waals surface area contributed by atoms with Crippen LogP contribution in [0.4, 0.5) is 0 Å². The van der Waals surface area contributed by atoms with Crippen LogP contribution in [0.2, 0.25) is 0 Å². The minimum atomic E-state index is -0.440. The van der Waals surface area contributed by atoms with Crippen LogP contribution < -0.4 is 0 Å². The van der Waals surface area contributed by atoms with Gasteiger partial charge in [0.1, 0.15) is 10.9 Å². The summed E-state index contributed by atoms with van der Waals surface area (Å²) < 4.78 is 4.50. The second-order valence-corrected chi connectivity index (χ2v) is 2.95. The van der Waals surface area contributed by atoms with E-state index in [0.717, 1.165) is 11.3 Å². The van der Waals surface area contributed by atoms with Crippen LogP contribution in [-0.2, 0) is 4.74 Å². The number of esters is 1. The topological polar surface area (TPSA) is 50.1 Å². The van der Waals surface area contributed by atoms with E-state index in [4.69, 9.17) is 5.26 Å². The number of rotatable bonds is 1. The molecule has 0 aromatic carbocycles. The summed E-state index contributed by atoms with van der Waals surface area (Å²) in [6, 6.07) is 1.97. The zero-order valence-corrected chi connectivity index (χ0v) is 7.49. The van der Waals surface area contributed by atoms with E-state index in [2.05, 4.69) is 10.1 Å². The van der Waals surface area contributed by atoms with E-state index in [9.17, 15) is 4.79 Å². The normalized spacial score (nSPS) is 9.08. The Balaban J connectivity index is 3.12. The molecule has 1 rings (SSSR count). The lowest BCUT2D eigenvalue weighted by Gasteiger charge is -1.95. The molecular formula is C8H6NO2S. The van der Waals surface area contributed by atoms with Crippen molar-refractivity contribution in [3.8, 4) is 6.07 Å². The minimum absolute atomic E-state index is 0.360. The van der Waals surface area contributed by atoms with Gasteiger partial charge < -0.3 is 4.74 Å². The molecule has 0 aliphatic carbocycles. The average Bonchev–Trinajstić information content (AvgIpc) is 2.45. The highest BCUT2D eigenvalue weighted by molar-refractivity contribution is 7.10. The third kappa shape index (κ3) is 1.31. The summed E-state index contributed by atoms with van der Waals surface area (Å²) in [5.74, 6) is -0.440. The number of nitriles is 1. The molecule has 0 bridgehead atoms. The molecule has 61 valence electrons. The van der Waals surface area contributed by atoms with Gasteiger partial charge in [-0.1, -0.05) is 0 Å². The lowest BCUT2D eigenvalue weighted by atomic mass is 10.2. The quantitative estimate of drug-likeness (QED) is 0.615. The fraction of sp³-hybridized carbons (Fsp3) is 0.250. The van der Waals surface area contributed by atoms with Crippen molar-refractivity contribution in [2.45, 2.75) is 6.92 Å². The Morgan fingerprint density at radius 3 is 2.83 bits per heavy atom. The molecule has 1 aromatic rings. The summed E-state index contributed by atoms with van der Waals surface area (Å²) >= 11 is 1.13.